The second-order valence-corrected chi connectivity index (χ2v) is 8.05. The molecular weight excluding hydrogens is 739 g/mol. The minimum atomic E-state index is -1.32. The fraction of sp³-hybridized carbons (Fsp3) is 0. The molecule has 25 heteroatoms. The molecule has 0 radical (unpaired) electrons. The molecule has 51 heavy (non-hydrogen) atoms. The Kier molecular flexibility index (Phi) is 26.7. The summed E-state index contributed by atoms with van der Waals surface area (Å²) in [7, 11) is 0. The molecule has 0 unspecified atom stereocenters. The molecule has 2 aromatic carbocycles. The topological polar surface area (TPSA) is 508 Å². The van der Waals surface area contributed by atoms with Gasteiger partial charge in [-0.05, 0) is 35.8 Å². The summed E-state index contributed by atoms with van der Waals surface area (Å²) in [6, 6.07) is 3.13. The zero-order chi connectivity index (χ0) is 32.2. The number of H-pyrrole nitrogens is 4. The summed E-state index contributed by atoms with van der Waals surface area (Å²) < 4.78 is 0. The largest absolute Gasteiger partial charge is 2.00 e. The first-order valence-electron chi connectivity index (χ1n) is 11.9. The summed E-state index contributed by atoms with van der Waals surface area (Å²) in [5.41, 5.74) is -0.658. The Morgan fingerprint density at radius 2 is 0.686 bits per heavy atom. The number of carbonyl (C=O) groups is 2. The number of aromatic amines is 4. The fourth-order valence-electron chi connectivity index (χ4n) is 3.02. The molecule has 0 saturated heterocycles. The van der Waals surface area contributed by atoms with Gasteiger partial charge in [0.15, 0.2) is 23.3 Å². The molecule has 24 nitrogen and oxygen atoms in total. The number of hydrogen-bond acceptors (Lipinski definition) is 12. The summed E-state index contributed by atoms with van der Waals surface area (Å²) in [6.45, 7) is 0. The van der Waals surface area contributed by atoms with E-state index < -0.39 is 46.4 Å². The van der Waals surface area contributed by atoms with E-state index in [1.807, 2.05) is 0 Å². The number of imidazole rings is 4. The van der Waals surface area contributed by atoms with E-state index in [0.717, 1.165) is 47.6 Å². The monoisotopic (exact) mass is 774 g/mol. The summed E-state index contributed by atoms with van der Waals surface area (Å²) in [4.78, 5) is 48.4. The van der Waals surface area contributed by atoms with Crippen molar-refractivity contribution in [2.24, 2.45) is 0 Å². The van der Waals surface area contributed by atoms with Crippen molar-refractivity contribution in [3.8, 4) is 57.8 Å². The summed E-state index contributed by atoms with van der Waals surface area (Å²) in [5, 5.41) is 73.3. The maximum atomic E-state index is 10.7. The van der Waals surface area contributed by atoms with E-state index in [4.69, 9.17) is 30.6 Å². The Hall–Kier alpha value is -6.73. The van der Waals surface area contributed by atoms with Crippen molar-refractivity contribution < 1.29 is 99.8 Å². The molecule has 0 fully saturated rings. The van der Waals surface area contributed by atoms with Gasteiger partial charge in [0.2, 0.25) is 0 Å². The molecule has 24 N–H and O–H groups in total. The molecule has 6 aromatic rings. The SMILES string of the molecule is O.O.O.O.O=C(O)c1cc(O)c([O-])c(O)c1.O=C(O)c1cc(O)c([O-])c(O)c1.[Ni+2].[OH3+].[OH3+].c1c[nH]c(-c2ncc[nH]2)n1.c1c[nH]c(-c2ncc[nH]2)n1. The van der Waals surface area contributed by atoms with Gasteiger partial charge in [0, 0.05) is 49.6 Å². The molecule has 0 aliphatic heterocycles. The number of carboxylic acid groups (broad SMARTS) is 2. The van der Waals surface area contributed by atoms with E-state index in [1.165, 1.54) is 0 Å². The minimum absolute atomic E-state index is 0. The molecule has 6 rings (SSSR count). The van der Waals surface area contributed by atoms with Crippen LogP contribution in [0.1, 0.15) is 20.7 Å². The van der Waals surface area contributed by atoms with Crippen LogP contribution < -0.4 is 10.2 Å². The molecular formula is C26H36N8NiO16+2. The number of nitrogens with one attached hydrogen (secondary N) is 4. The first-order valence-corrected chi connectivity index (χ1v) is 11.9. The Morgan fingerprint density at radius 3 is 0.824 bits per heavy atom. The Morgan fingerprint density at radius 1 is 0.490 bits per heavy atom. The fourth-order valence-corrected chi connectivity index (χ4v) is 3.02. The van der Waals surface area contributed by atoms with Gasteiger partial charge in [-0.2, -0.15) is 0 Å². The molecule has 284 valence electrons. The van der Waals surface area contributed by atoms with Crippen LogP contribution in [0, 0.1) is 0 Å². The van der Waals surface area contributed by atoms with Gasteiger partial charge in [-0.15, -0.1) is 0 Å². The molecule has 0 bridgehead atoms. The van der Waals surface area contributed by atoms with Gasteiger partial charge in [0.05, 0.1) is 11.1 Å². The molecule has 0 spiro atoms. The van der Waals surface area contributed by atoms with Crippen LogP contribution in [-0.4, -0.2) is 104 Å². The van der Waals surface area contributed by atoms with Crippen LogP contribution >= 0.6 is 0 Å². The van der Waals surface area contributed by atoms with Crippen molar-refractivity contribution in [3.63, 3.8) is 0 Å². The van der Waals surface area contributed by atoms with Gasteiger partial charge in [-0.3, -0.25) is 0 Å². The van der Waals surface area contributed by atoms with E-state index >= 15 is 0 Å². The van der Waals surface area contributed by atoms with Crippen LogP contribution in [0.2, 0.25) is 0 Å². The summed E-state index contributed by atoms with van der Waals surface area (Å²) in [5.74, 6) is -4.59. The zero-order valence-corrected chi connectivity index (χ0v) is 26.5. The number of rotatable bonds is 4. The zero-order valence-electron chi connectivity index (χ0n) is 25.5. The Balaban J connectivity index is -0.000000177. The number of hydrogen-bond donors (Lipinski definition) is 10. The Bertz CT molecular complexity index is 1550. The summed E-state index contributed by atoms with van der Waals surface area (Å²) >= 11 is 0. The van der Waals surface area contributed by atoms with Crippen molar-refractivity contribution in [1.29, 1.82) is 0 Å². The first kappa shape index (κ1) is 53.8. The molecule has 0 atom stereocenters. The predicted molar refractivity (Wildman–Crippen MR) is 169 cm³/mol. The van der Waals surface area contributed by atoms with Gasteiger partial charge < -0.3 is 93.6 Å². The van der Waals surface area contributed by atoms with Gasteiger partial charge in [-0.25, -0.2) is 29.5 Å². The third-order valence-electron chi connectivity index (χ3n) is 5.03. The summed E-state index contributed by atoms with van der Waals surface area (Å²) in [6.07, 6.45) is 13.8. The number of aromatic nitrogens is 8. The average molecular weight is 775 g/mol. The van der Waals surface area contributed by atoms with Crippen LogP contribution in [0.4, 0.5) is 0 Å². The number of nitrogens with zero attached hydrogens (tertiary/aromatic N) is 4. The molecule has 4 aromatic heterocycles. The minimum Gasteiger partial charge on any atom is -0.867 e. The number of phenols is 4. The number of phenolic OH excluding ortho intramolecular Hbond substituents is 4. The number of aromatic hydroxyl groups is 4. The molecule has 0 aliphatic rings. The van der Waals surface area contributed by atoms with Crippen molar-refractivity contribution in [3.05, 3.63) is 85.0 Å². The number of benzene rings is 2. The number of carboxylic acids is 2. The van der Waals surface area contributed by atoms with Crippen molar-refractivity contribution in [2.45, 2.75) is 0 Å². The predicted octanol–water partition coefficient (Wildman–Crippen LogP) is -3.81. The van der Waals surface area contributed by atoms with Crippen LogP contribution in [0.15, 0.2) is 73.8 Å². The van der Waals surface area contributed by atoms with Crippen molar-refractivity contribution in [2.75, 3.05) is 0 Å². The van der Waals surface area contributed by atoms with E-state index in [2.05, 4.69) is 39.9 Å². The van der Waals surface area contributed by atoms with Crippen LogP contribution in [0.5, 0.6) is 34.5 Å². The van der Waals surface area contributed by atoms with Crippen molar-refractivity contribution in [1.82, 2.24) is 39.9 Å². The van der Waals surface area contributed by atoms with Crippen LogP contribution in [-0.2, 0) is 27.4 Å². The quantitative estimate of drug-likeness (QED) is 0.0607. The van der Waals surface area contributed by atoms with E-state index in [9.17, 15) is 19.8 Å². The van der Waals surface area contributed by atoms with Crippen LogP contribution in [0.25, 0.3) is 23.3 Å². The molecule has 0 saturated carbocycles. The standard InChI is InChI=1S/2C7H6O5.2C6H6N4.Ni.6H2O/c2*8-4-1-3(7(11)12)2-5(9)6(4)10;2*1-2-8-5(7-1)6-9-3-4-10-6;;;;;;;/h2*1-2,8-10H,(H,11,12);2*1-4H,(H,7,8)(H,9,10);;6*1H2/q;;;;+2;;;;;;. The third kappa shape index (κ3) is 15.4. The number of aromatic carboxylic acids is 2. The Labute approximate surface area is 294 Å². The maximum absolute atomic E-state index is 10.7. The maximum Gasteiger partial charge on any atom is 2.00 e. The first-order chi connectivity index (χ1) is 21.0. The normalized spacial score (nSPS) is 8.47. The average Bonchev–Trinajstić information content (AvgIpc) is 3.82. The smallest absolute Gasteiger partial charge is 0.867 e. The second kappa shape index (κ2) is 25.3. The van der Waals surface area contributed by atoms with Gasteiger partial charge in [0.25, 0.3) is 0 Å². The van der Waals surface area contributed by atoms with Gasteiger partial charge in [0.1, 0.15) is 23.0 Å². The molecule has 4 heterocycles. The molecule has 0 amide bonds. The van der Waals surface area contributed by atoms with Gasteiger partial charge >= 0.3 is 28.4 Å². The molecule has 0 aliphatic carbocycles. The second-order valence-electron chi connectivity index (χ2n) is 8.05. The third-order valence-corrected chi connectivity index (χ3v) is 5.03. The van der Waals surface area contributed by atoms with E-state index in [0.29, 0.717) is 0 Å². The van der Waals surface area contributed by atoms with E-state index in [1.54, 1.807) is 49.6 Å². The van der Waals surface area contributed by atoms with E-state index in [-0.39, 0.29) is 60.5 Å². The van der Waals surface area contributed by atoms with Gasteiger partial charge in [-0.1, -0.05) is 0 Å². The van der Waals surface area contributed by atoms with Crippen LogP contribution in [0.3, 0.4) is 0 Å². The van der Waals surface area contributed by atoms with Crippen molar-refractivity contribution >= 4 is 11.9 Å².